The van der Waals surface area contributed by atoms with Crippen molar-refractivity contribution in [2.45, 2.75) is 242 Å². The highest BCUT2D eigenvalue weighted by Crippen LogP contribution is 2.24. The number of aromatic hydroxyl groups is 1. The Bertz CT molecular complexity index is 4200. The van der Waals surface area contributed by atoms with E-state index in [1.807, 2.05) is 50.2 Å². The number of aliphatic carboxylic acids is 1. The number of phenols is 1. The van der Waals surface area contributed by atoms with Crippen LogP contribution in [0.1, 0.15) is 192 Å². The van der Waals surface area contributed by atoms with Gasteiger partial charge >= 0.3 is 5.97 Å². The van der Waals surface area contributed by atoms with Gasteiger partial charge in [0.25, 0.3) is 0 Å². The molecule has 752 valence electrons. The second-order valence-electron chi connectivity index (χ2n) is 33.8. The van der Waals surface area contributed by atoms with Gasteiger partial charge in [0.05, 0.1) is 112 Å². The Morgan fingerprint density at radius 2 is 0.807 bits per heavy atom. The smallest absolute Gasteiger partial charge is 0.326 e. The van der Waals surface area contributed by atoms with Gasteiger partial charge in [-0.3, -0.25) is 62.7 Å². The Hall–Kier alpha value is -11.2. The van der Waals surface area contributed by atoms with Gasteiger partial charge in [0.1, 0.15) is 54.1 Å². The zero-order valence-corrected chi connectivity index (χ0v) is 79.2. The predicted octanol–water partition coefficient (Wildman–Crippen LogP) is 3.70. The maximum absolute atomic E-state index is 15.2. The van der Waals surface area contributed by atoms with Crippen LogP contribution in [0.3, 0.4) is 0 Å². The van der Waals surface area contributed by atoms with Crippen LogP contribution in [-0.2, 0) is 115 Å². The molecule has 8 atom stereocenters. The van der Waals surface area contributed by atoms with Crippen molar-refractivity contribution in [3.05, 3.63) is 114 Å². The molecule has 21 N–H and O–H groups in total. The molecule has 39 nitrogen and oxygen atoms in total. The molecule has 0 unspecified atom stereocenters. The molecule has 0 bridgehead atoms. The summed E-state index contributed by atoms with van der Waals surface area (Å²) in [6.45, 7) is 11.3. The summed E-state index contributed by atoms with van der Waals surface area (Å²) >= 11 is 0. The Morgan fingerprint density at radius 3 is 1.30 bits per heavy atom. The number of fused-ring (bicyclic) bond motifs is 1. The summed E-state index contributed by atoms with van der Waals surface area (Å²) in [6, 6.07) is 16.4. The number of nitrogens with zero attached hydrogens (tertiary/aromatic N) is 3. The maximum Gasteiger partial charge on any atom is 0.326 e. The van der Waals surface area contributed by atoms with Crippen molar-refractivity contribution in [1.82, 2.24) is 52.8 Å². The lowest BCUT2D eigenvalue weighted by molar-refractivity contribution is -0.144. The molecule has 1 aliphatic rings. The first-order chi connectivity index (χ1) is 65.2. The Labute approximate surface area is 793 Å². The van der Waals surface area contributed by atoms with E-state index < -0.39 is 114 Å². The van der Waals surface area contributed by atoms with Crippen LogP contribution < -0.4 is 76.5 Å². The molecule has 1 fully saturated rings. The van der Waals surface area contributed by atoms with Crippen LogP contribution in [0.25, 0.3) is 10.8 Å². The van der Waals surface area contributed by atoms with Crippen molar-refractivity contribution < 1.29 is 106 Å². The Kier molecular flexibility index (Phi) is 58.9. The summed E-state index contributed by atoms with van der Waals surface area (Å²) in [5.41, 5.74) is 29.3. The van der Waals surface area contributed by atoms with E-state index in [-0.39, 0.29) is 185 Å². The quantitative estimate of drug-likeness (QED) is 0.0170. The topological polar surface area (TPSA) is 585 Å². The van der Waals surface area contributed by atoms with Crippen LogP contribution in [-0.4, -0.2) is 285 Å². The number of nitrogens with two attached hydrogens (primary N) is 5. The normalized spacial score (nSPS) is 13.9. The van der Waals surface area contributed by atoms with Crippen LogP contribution in [0.4, 0.5) is 0 Å². The molecule has 5 rings (SSSR count). The molecule has 1 aliphatic heterocycles. The number of carboxylic acids is 1. The summed E-state index contributed by atoms with van der Waals surface area (Å²) in [5, 5.41) is 46.5. The third-order valence-corrected chi connectivity index (χ3v) is 22.0. The van der Waals surface area contributed by atoms with E-state index in [1.165, 1.54) is 87.7 Å². The number of carbonyl (C=O) groups excluding carboxylic acids is 11. The SMILES string of the molecule is CCCCCCCCCCCCCCCC(=O)NCCOCCOCCOCCOCCC(=O)NCCOCCOCCOCCOCCC(=O)N[C@@H](Cc1ccc(O)cc1)C(=O)N[C@@H](Cc1ccc2ccccc2c1)C(=O)N[C@@H](CC(C)C)C(=O)N[C@@H](Cc1ccccc1)C(=O)N[C@@H](CCCN=C(N)N)C(=O)N1CCC[C@H]1C(=O)N[C@@H](CCCN=C(N)N)C(=O)N[C@@H](CC(N)=O)C(=O)O. The summed E-state index contributed by atoms with van der Waals surface area (Å²) in [6.07, 6.45) is 16.4. The number of aliphatic imine (C=N–C) groups is 2. The summed E-state index contributed by atoms with van der Waals surface area (Å²) < 4.78 is 44.7. The molecular formula is C96H151N17O22. The molecule has 0 saturated carbocycles. The molecule has 0 spiro atoms. The van der Waals surface area contributed by atoms with Crippen molar-refractivity contribution >= 4 is 93.6 Å². The molecular weight excluding hydrogens is 1740 g/mol. The Morgan fingerprint density at radius 1 is 0.407 bits per heavy atom. The number of carbonyl (C=O) groups is 12. The molecule has 39 heteroatoms. The lowest BCUT2D eigenvalue weighted by atomic mass is 9.98. The fourth-order valence-electron chi connectivity index (χ4n) is 14.8. The minimum atomic E-state index is -1.75. The fourth-order valence-corrected chi connectivity index (χ4v) is 14.8. The number of primary amides is 1. The van der Waals surface area contributed by atoms with Gasteiger partial charge in [-0.05, 0) is 96.9 Å². The molecule has 0 aliphatic carbocycles. The van der Waals surface area contributed by atoms with Crippen LogP contribution >= 0.6 is 0 Å². The van der Waals surface area contributed by atoms with Crippen molar-refractivity contribution in [3.63, 3.8) is 0 Å². The lowest BCUT2D eigenvalue weighted by Gasteiger charge is -2.31. The van der Waals surface area contributed by atoms with E-state index >= 15 is 19.2 Å². The van der Waals surface area contributed by atoms with Crippen molar-refractivity contribution in [2.24, 2.45) is 44.6 Å². The molecule has 11 amide bonds. The highest BCUT2D eigenvalue weighted by molar-refractivity contribution is 5.99. The summed E-state index contributed by atoms with van der Waals surface area (Å²) in [5.74, 6) is -9.80. The number of carboxylic acid groups (broad SMARTS) is 1. The molecule has 1 heterocycles. The van der Waals surface area contributed by atoms with Crippen LogP contribution in [0.2, 0.25) is 0 Å². The largest absolute Gasteiger partial charge is 0.508 e. The zero-order valence-electron chi connectivity index (χ0n) is 79.2. The maximum atomic E-state index is 15.2. The average Bonchev–Trinajstić information content (AvgIpc) is 1.35. The lowest BCUT2D eigenvalue weighted by Crippen LogP contribution is -2.60. The molecule has 0 radical (unpaired) electrons. The number of hydrogen-bond acceptors (Lipinski definition) is 23. The van der Waals surface area contributed by atoms with Gasteiger partial charge in [-0.15, -0.1) is 0 Å². The number of unbranched alkanes of at least 4 members (excludes halogenated alkanes) is 12. The number of guanidine groups is 2. The van der Waals surface area contributed by atoms with Crippen LogP contribution in [0.5, 0.6) is 5.75 Å². The number of ether oxygens (including phenoxy) is 8. The number of hydrogen-bond donors (Lipinski definition) is 16. The van der Waals surface area contributed by atoms with Crippen LogP contribution in [0.15, 0.2) is 107 Å². The second kappa shape index (κ2) is 69.6. The first-order valence-electron chi connectivity index (χ1n) is 47.7. The third-order valence-electron chi connectivity index (χ3n) is 22.0. The number of benzene rings is 4. The minimum absolute atomic E-state index is 0.00816. The highest BCUT2D eigenvalue weighted by atomic mass is 16.6. The van der Waals surface area contributed by atoms with E-state index in [1.54, 1.807) is 48.5 Å². The van der Waals surface area contributed by atoms with Crippen molar-refractivity contribution in [3.8, 4) is 5.75 Å². The van der Waals surface area contributed by atoms with E-state index in [0.29, 0.717) is 88.9 Å². The number of rotatable bonds is 77. The summed E-state index contributed by atoms with van der Waals surface area (Å²) in [7, 11) is 0. The van der Waals surface area contributed by atoms with E-state index in [9.17, 15) is 48.6 Å². The van der Waals surface area contributed by atoms with Gasteiger partial charge in [0.2, 0.25) is 65.0 Å². The van der Waals surface area contributed by atoms with Crippen molar-refractivity contribution in [1.29, 1.82) is 0 Å². The van der Waals surface area contributed by atoms with E-state index in [0.717, 1.165) is 23.6 Å². The van der Waals surface area contributed by atoms with Gasteiger partial charge in [-0.1, -0.05) is 183 Å². The second-order valence-corrected chi connectivity index (χ2v) is 33.8. The number of nitrogens with one attached hydrogen (secondary N) is 9. The van der Waals surface area contributed by atoms with Gasteiger partial charge in [0, 0.05) is 71.2 Å². The highest BCUT2D eigenvalue weighted by Gasteiger charge is 2.41. The number of amides is 11. The van der Waals surface area contributed by atoms with E-state index in [4.69, 9.17) is 66.6 Å². The number of phenolic OH excluding ortho intramolecular Hbond substituents is 1. The molecule has 0 aromatic heterocycles. The summed E-state index contributed by atoms with van der Waals surface area (Å²) in [4.78, 5) is 175. The predicted molar refractivity (Wildman–Crippen MR) is 511 cm³/mol. The van der Waals surface area contributed by atoms with Crippen molar-refractivity contribution in [2.75, 3.05) is 138 Å². The molecule has 4 aromatic rings. The average molecular weight is 1900 g/mol. The molecule has 1 saturated heterocycles. The Balaban J connectivity index is 1.08. The fraction of sp³-hybridized carbons (Fsp3) is 0.625. The van der Waals surface area contributed by atoms with Gasteiger partial charge in [0.15, 0.2) is 11.9 Å². The monoisotopic (exact) mass is 1890 g/mol. The first-order valence-corrected chi connectivity index (χ1v) is 47.7. The zero-order chi connectivity index (χ0) is 98.0. The van der Waals surface area contributed by atoms with Crippen LogP contribution in [0, 0.1) is 5.92 Å². The first kappa shape index (κ1) is 114. The minimum Gasteiger partial charge on any atom is -0.508 e. The molecule has 135 heavy (non-hydrogen) atoms. The third kappa shape index (κ3) is 51.9. The van der Waals surface area contributed by atoms with E-state index in [2.05, 4.69) is 64.8 Å². The van der Waals surface area contributed by atoms with Gasteiger partial charge in [-0.2, -0.15) is 0 Å². The standard InChI is InChI=1S/C96H151N17O22/c1-4-5-6-7-8-9-10-11-12-13-14-15-19-32-84(116)102-43-48-130-52-56-134-60-58-132-54-50-128-46-39-85(117)103-44-49-131-53-57-135-61-59-133-55-51-129-47-40-86(118)106-78(65-70-34-37-74(114)38-35-70)89(121)111-80(66-71-33-36-72-27-20-21-28-73(72)63-71)91(123)109-77(62-68(2)3)88(120)110-79(64-69-25-17-16-18-26-69)90(122)108-76(30-23-42-105-96(100)101)93(125)113-45-24-31-82(113)92(124)107-75(29-22-41-104-95(98)99)87(119)112-81(94(126)127)67-83(97)115/h16-18,20-21,25-28,33-38,63,68,75-82,114H,4-15,19,22-24,29-32,39-62,64-67H2,1-3H3,(H2,97,115)(H,102,116)(H,103,117)(H,106,118)(H,107,124)(H,108,122)(H,109,123)(H,110,120)(H,111,121)(H,112,119)(H,126,127)(H4,98,99,104)(H4,100,101,105)/t75-,76-,77-,78-,79-,80-,81-,82-/m0/s1. The number of likely N-dealkylation sites (tertiary alicyclic amines) is 1. The van der Waals surface area contributed by atoms with Gasteiger partial charge < -0.3 is 130 Å². The van der Waals surface area contributed by atoms with Gasteiger partial charge in [-0.25, -0.2) is 4.79 Å². The molecule has 4 aromatic carbocycles.